The number of carbonyl (C=O) groups is 1. The lowest BCUT2D eigenvalue weighted by atomic mass is 9.80. The number of carboxylic acid groups (broad SMARTS) is 1. The Morgan fingerprint density at radius 2 is 2.14 bits per heavy atom. The molecule has 1 aromatic rings. The van der Waals surface area contributed by atoms with Crippen LogP contribution in [-0.2, 0) is 4.79 Å². The van der Waals surface area contributed by atoms with Gasteiger partial charge in [0.25, 0.3) is 5.69 Å². The minimum absolute atomic E-state index is 0.00102. The lowest BCUT2D eigenvalue weighted by Crippen LogP contribution is -2.55. The highest BCUT2D eigenvalue weighted by atomic mass is 16.6. The highest BCUT2D eigenvalue weighted by Gasteiger charge is 2.42. The number of rotatable bonds is 5. The van der Waals surface area contributed by atoms with Crippen molar-refractivity contribution >= 4 is 11.7 Å². The Balaban J connectivity index is 2.05. The first-order valence-electron chi connectivity index (χ1n) is 6.80. The van der Waals surface area contributed by atoms with Crippen molar-refractivity contribution in [3.63, 3.8) is 0 Å². The molecule has 1 aliphatic carbocycles. The summed E-state index contributed by atoms with van der Waals surface area (Å²) in [5.41, 5.74) is -0.954. The number of hydrogen-bond donors (Lipinski definition) is 2. The Kier molecular flexibility index (Phi) is 4.42. The summed E-state index contributed by atoms with van der Waals surface area (Å²) in [5.74, 6) is -0.357. The molecule has 0 bridgehead atoms. The first-order chi connectivity index (χ1) is 9.97. The molecule has 1 aliphatic rings. The van der Waals surface area contributed by atoms with Gasteiger partial charge in [0.1, 0.15) is 17.4 Å². The van der Waals surface area contributed by atoms with Gasteiger partial charge in [-0.1, -0.05) is 0 Å². The molecule has 0 spiro atoms. The Labute approximate surface area is 122 Å². The zero-order valence-corrected chi connectivity index (χ0v) is 11.7. The fourth-order valence-electron chi connectivity index (χ4n) is 2.69. The zero-order valence-electron chi connectivity index (χ0n) is 11.7. The van der Waals surface area contributed by atoms with Crippen molar-refractivity contribution in [3.8, 4) is 5.75 Å². The Morgan fingerprint density at radius 1 is 1.48 bits per heavy atom. The molecule has 0 aliphatic heterocycles. The van der Waals surface area contributed by atoms with Crippen molar-refractivity contribution < 1.29 is 19.6 Å². The van der Waals surface area contributed by atoms with Gasteiger partial charge in [0, 0.05) is 18.6 Å². The molecule has 21 heavy (non-hydrogen) atoms. The van der Waals surface area contributed by atoms with Crippen LogP contribution >= 0.6 is 0 Å². The van der Waals surface area contributed by atoms with Crippen LogP contribution in [0.4, 0.5) is 5.69 Å². The van der Waals surface area contributed by atoms with Crippen molar-refractivity contribution in [2.45, 2.75) is 37.3 Å². The maximum absolute atomic E-state index is 11.4. The van der Waals surface area contributed by atoms with Crippen molar-refractivity contribution in [2.75, 3.05) is 7.05 Å². The molecule has 2 unspecified atom stereocenters. The molecule has 1 fully saturated rings. The van der Waals surface area contributed by atoms with Gasteiger partial charge in [-0.2, -0.15) is 0 Å². The third kappa shape index (κ3) is 3.30. The number of nitro benzene ring substituents is 1. The van der Waals surface area contributed by atoms with Gasteiger partial charge in [0.05, 0.1) is 4.92 Å². The van der Waals surface area contributed by atoms with Crippen LogP contribution in [0.15, 0.2) is 24.3 Å². The summed E-state index contributed by atoms with van der Waals surface area (Å²) < 4.78 is 5.77. The van der Waals surface area contributed by atoms with E-state index in [0.29, 0.717) is 18.6 Å². The predicted octanol–water partition coefficient (Wildman–Crippen LogP) is 1.96. The number of hydrogen-bond acceptors (Lipinski definition) is 5. The fraction of sp³-hybridized carbons (Fsp3) is 0.500. The summed E-state index contributed by atoms with van der Waals surface area (Å²) in [4.78, 5) is 21.6. The van der Waals surface area contributed by atoms with E-state index in [2.05, 4.69) is 5.32 Å². The number of benzene rings is 1. The summed E-state index contributed by atoms with van der Waals surface area (Å²) in [6.07, 6.45) is 2.25. The van der Waals surface area contributed by atoms with E-state index in [0.717, 1.165) is 12.8 Å². The molecule has 1 aromatic carbocycles. The number of nitro groups is 1. The smallest absolute Gasteiger partial charge is 0.324 e. The van der Waals surface area contributed by atoms with E-state index in [1.165, 1.54) is 24.3 Å². The minimum Gasteiger partial charge on any atom is -0.490 e. The van der Waals surface area contributed by atoms with E-state index in [1.54, 1.807) is 7.05 Å². The molecule has 7 nitrogen and oxygen atoms in total. The largest absolute Gasteiger partial charge is 0.490 e. The third-order valence-corrected chi connectivity index (χ3v) is 3.94. The van der Waals surface area contributed by atoms with Crippen molar-refractivity contribution in [2.24, 2.45) is 0 Å². The molecule has 0 radical (unpaired) electrons. The lowest BCUT2D eigenvalue weighted by molar-refractivity contribution is -0.384. The molecule has 1 saturated carbocycles. The molecule has 0 saturated heterocycles. The first kappa shape index (κ1) is 15.2. The molecular formula is C14H18N2O5. The molecule has 2 atom stereocenters. The Morgan fingerprint density at radius 3 is 2.67 bits per heavy atom. The molecular weight excluding hydrogens is 276 g/mol. The van der Waals surface area contributed by atoms with Gasteiger partial charge < -0.3 is 15.2 Å². The van der Waals surface area contributed by atoms with Crippen LogP contribution in [0.3, 0.4) is 0 Å². The van der Waals surface area contributed by atoms with Crippen molar-refractivity contribution in [1.82, 2.24) is 5.32 Å². The quantitative estimate of drug-likeness (QED) is 0.636. The Bertz CT molecular complexity index is 531. The topological polar surface area (TPSA) is 102 Å². The number of aliphatic carboxylic acids is 1. The highest BCUT2D eigenvalue weighted by Crippen LogP contribution is 2.31. The molecule has 0 amide bonds. The number of carboxylic acids is 1. The maximum Gasteiger partial charge on any atom is 0.324 e. The summed E-state index contributed by atoms with van der Waals surface area (Å²) in [6, 6.07) is 5.82. The van der Waals surface area contributed by atoms with E-state index in [4.69, 9.17) is 4.74 Å². The normalized spacial score (nSPS) is 25.3. The monoisotopic (exact) mass is 294 g/mol. The van der Waals surface area contributed by atoms with Gasteiger partial charge in [-0.3, -0.25) is 14.9 Å². The van der Waals surface area contributed by atoms with Crippen LogP contribution in [0, 0.1) is 10.1 Å². The summed E-state index contributed by atoms with van der Waals surface area (Å²) in [6.45, 7) is 0. The molecule has 114 valence electrons. The van der Waals surface area contributed by atoms with E-state index in [9.17, 15) is 20.0 Å². The van der Waals surface area contributed by atoms with Gasteiger partial charge in [-0.15, -0.1) is 0 Å². The van der Waals surface area contributed by atoms with Crippen LogP contribution in [0.2, 0.25) is 0 Å². The lowest BCUT2D eigenvalue weighted by Gasteiger charge is -2.37. The zero-order chi connectivity index (χ0) is 15.5. The number of ether oxygens (including phenoxy) is 1. The van der Waals surface area contributed by atoms with Crippen LogP contribution < -0.4 is 10.1 Å². The van der Waals surface area contributed by atoms with Crippen LogP contribution in [0.25, 0.3) is 0 Å². The summed E-state index contributed by atoms with van der Waals surface area (Å²) in [7, 11) is 1.64. The minimum atomic E-state index is -0.955. The first-order valence-corrected chi connectivity index (χ1v) is 6.80. The average Bonchev–Trinajstić information content (AvgIpc) is 2.47. The van der Waals surface area contributed by atoms with E-state index in [1.807, 2.05) is 0 Å². The second kappa shape index (κ2) is 6.09. The predicted molar refractivity (Wildman–Crippen MR) is 75.4 cm³/mol. The van der Waals surface area contributed by atoms with E-state index in [-0.39, 0.29) is 11.8 Å². The maximum atomic E-state index is 11.4. The SMILES string of the molecule is CNC1(C(=O)O)CCCC(Oc2ccc([N+](=O)[O-])cc2)C1. The van der Waals surface area contributed by atoms with Crippen molar-refractivity contribution in [1.29, 1.82) is 0 Å². The molecule has 0 aromatic heterocycles. The number of non-ortho nitro benzene ring substituents is 1. The van der Waals surface area contributed by atoms with Crippen molar-refractivity contribution in [3.05, 3.63) is 34.4 Å². The average molecular weight is 294 g/mol. The number of nitrogens with zero attached hydrogens (tertiary/aromatic N) is 1. The molecule has 2 N–H and O–H groups in total. The van der Waals surface area contributed by atoms with Gasteiger partial charge in [-0.25, -0.2) is 0 Å². The van der Waals surface area contributed by atoms with E-state index < -0.39 is 16.4 Å². The molecule has 2 rings (SSSR count). The second-order valence-corrected chi connectivity index (χ2v) is 5.22. The van der Waals surface area contributed by atoms with Crippen LogP contribution in [0.5, 0.6) is 5.75 Å². The summed E-state index contributed by atoms with van der Waals surface area (Å²) >= 11 is 0. The van der Waals surface area contributed by atoms with Gasteiger partial charge in [0.15, 0.2) is 0 Å². The third-order valence-electron chi connectivity index (χ3n) is 3.94. The molecule has 0 heterocycles. The van der Waals surface area contributed by atoms with Crippen LogP contribution in [0.1, 0.15) is 25.7 Å². The van der Waals surface area contributed by atoms with Gasteiger partial charge in [0.2, 0.25) is 0 Å². The fourth-order valence-corrected chi connectivity index (χ4v) is 2.69. The highest BCUT2D eigenvalue weighted by molar-refractivity contribution is 5.79. The Hall–Kier alpha value is -2.15. The standard InChI is InChI=1S/C14H18N2O5/c1-15-14(13(17)18)8-2-3-12(9-14)21-11-6-4-10(5-7-11)16(19)20/h4-7,12,15H,2-3,8-9H2,1H3,(H,17,18). The van der Waals surface area contributed by atoms with Gasteiger partial charge >= 0.3 is 5.97 Å². The van der Waals surface area contributed by atoms with Crippen LogP contribution in [-0.4, -0.2) is 34.7 Å². The van der Waals surface area contributed by atoms with E-state index >= 15 is 0 Å². The van der Waals surface area contributed by atoms with Gasteiger partial charge in [-0.05, 0) is 38.4 Å². The number of nitrogens with one attached hydrogen (secondary N) is 1. The second-order valence-electron chi connectivity index (χ2n) is 5.22. The summed E-state index contributed by atoms with van der Waals surface area (Å²) in [5, 5.41) is 22.9. The molecule has 7 heteroatoms. The number of likely N-dealkylation sites (N-methyl/N-ethyl adjacent to an activating group) is 1.